The van der Waals surface area contributed by atoms with E-state index >= 15 is 0 Å². The van der Waals surface area contributed by atoms with Gasteiger partial charge in [0.25, 0.3) is 0 Å². The van der Waals surface area contributed by atoms with Crippen LogP contribution in [0.4, 0.5) is 0 Å². The van der Waals surface area contributed by atoms with Gasteiger partial charge >= 0.3 is 0 Å². The van der Waals surface area contributed by atoms with E-state index < -0.39 is 0 Å². The minimum atomic E-state index is 0.289. The summed E-state index contributed by atoms with van der Waals surface area (Å²) in [5.41, 5.74) is 2.31. The largest absolute Gasteiger partial charge is 0.494 e. The maximum Gasteiger partial charge on any atom is 0.127 e. The predicted molar refractivity (Wildman–Crippen MR) is 112 cm³/mol. The second kappa shape index (κ2) is 9.22. The van der Waals surface area contributed by atoms with Crippen LogP contribution in [0.3, 0.4) is 0 Å². The van der Waals surface area contributed by atoms with Crippen LogP contribution in [-0.2, 0) is 11.3 Å². The SMILES string of the molecule is CC(c1nc2ccccc2n1CCCCOc1ccccc1)N1CCOCC1. The van der Waals surface area contributed by atoms with Crippen molar-refractivity contribution in [3.8, 4) is 5.75 Å². The second-order valence-corrected chi connectivity index (χ2v) is 7.30. The molecule has 1 aliphatic heterocycles. The fourth-order valence-corrected chi connectivity index (χ4v) is 3.85. The molecule has 4 rings (SSSR count). The van der Waals surface area contributed by atoms with Gasteiger partial charge in [0.2, 0.25) is 0 Å². The highest BCUT2D eigenvalue weighted by molar-refractivity contribution is 5.76. The van der Waals surface area contributed by atoms with Crippen molar-refractivity contribution in [2.45, 2.75) is 32.4 Å². The fourth-order valence-electron chi connectivity index (χ4n) is 3.85. The Morgan fingerprint density at radius 3 is 2.57 bits per heavy atom. The molecule has 1 aliphatic rings. The summed E-state index contributed by atoms with van der Waals surface area (Å²) < 4.78 is 13.8. The molecule has 1 saturated heterocycles. The third-order valence-electron chi connectivity index (χ3n) is 5.44. The number of morpholine rings is 1. The average Bonchev–Trinajstić information content (AvgIpc) is 3.13. The monoisotopic (exact) mass is 379 g/mol. The molecule has 0 aliphatic carbocycles. The first-order chi connectivity index (χ1) is 13.8. The summed E-state index contributed by atoms with van der Waals surface area (Å²) in [7, 11) is 0. The molecule has 0 N–H and O–H groups in total. The lowest BCUT2D eigenvalue weighted by molar-refractivity contribution is 0.0176. The summed E-state index contributed by atoms with van der Waals surface area (Å²) in [6.07, 6.45) is 2.09. The first-order valence-electron chi connectivity index (χ1n) is 10.3. The number of para-hydroxylation sites is 3. The third kappa shape index (κ3) is 4.37. The molecule has 148 valence electrons. The Hall–Kier alpha value is -2.37. The summed E-state index contributed by atoms with van der Waals surface area (Å²) in [4.78, 5) is 7.46. The van der Waals surface area contributed by atoms with E-state index in [0.717, 1.165) is 69.4 Å². The van der Waals surface area contributed by atoms with Crippen molar-refractivity contribution < 1.29 is 9.47 Å². The lowest BCUT2D eigenvalue weighted by Gasteiger charge is -2.32. The Bertz CT molecular complexity index is 872. The molecule has 0 saturated carbocycles. The number of imidazole rings is 1. The number of rotatable bonds is 8. The molecule has 1 aromatic heterocycles. The van der Waals surface area contributed by atoms with Crippen LogP contribution in [0, 0.1) is 0 Å². The number of benzene rings is 2. The van der Waals surface area contributed by atoms with Crippen molar-refractivity contribution in [3.63, 3.8) is 0 Å². The molecule has 28 heavy (non-hydrogen) atoms. The van der Waals surface area contributed by atoms with E-state index in [1.165, 1.54) is 5.52 Å². The van der Waals surface area contributed by atoms with E-state index in [1.54, 1.807) is 0 Å². The molecule has 1 fully saturated rings. The lowest BCUT2D eigenvalue weighted by atomic mass is 10.2. The van der Waals surface area contributed by atoms with Crippen LogP contribution in [0.25, 0.3) is 11.0 Å². The minimum absolute atomic E-state index is 0.289. The zero-order valence-electron chi connectivity index (χ0n) is 16.6. The van der Waals surface area contributed by atoms with Gasteiger partial charge in [-0.05, 0) is 44.0 Å². The zero-order chi connectivity index (χ0) is 19.2. The summed E-state index contributed by atoms with van der Waals surface area (Å²) >= 11 is 0. The number of unbranched alkanes of at least 4 members (excludes halogenated alkanes) is 1. The zero-order valence-corrected chi connectivity index (χ0v) is 16.6. The summed E-state index contributed by atoms with van der Waals surface area (Å²) in [5.74, 6) is 2.10. The van der Waals surface area contributed by atoms with E-state index in [1.807, 2.05) is 30.3 Å². The van der Waals surface area contributed by atoms with Crippen LogP contribution in [-0.4, -0.2) is 47.4 Å². The van der Waals surface area contributed by atoms with Gasteiger partial charge in [-0.25, -0.2) is 4.98 Å². The highest BCUT2D eigenvalue weighted by atomic mass is 16.5. The van der Waals surface area contributed by atoms with Crippen molar-refractivity contribution in [2.75, 3.05) is 32.9 Å². The van der Waals surface area contributed by atoms with Crippen LogP contribution in [0.15, 0.2) is 54.6 Å². The Labute approximate surface area is 166 Å². The topological polar surface area (TPSA) is 39.5 Å². The summed E-state index contributed by atoms with van der Waals surface area (Å²) in [6, 6.07) is 18.8. The molecule has 2 aromatic carbocycles. The van der Waals surface area contributed by atoms with E-state index in [0.29, 0.717) is 0 Å². The first kappa shape index (κ1) is 19.0. The van der Waals surface area contributed by atoms with Crippen LogP contribution >= 0.6 is 0 Å². The van der Waals surface area contributed by atoms with Crippen molar-refractivity contribution in [3.05, 3.63) is 60.4 Å². The van der Waals surface area contributed by atoms with Gasteiger partial charge in [-0.15, -0.1) is 0 Å². The molecule has 0 amide bonds. The maximum atomic E-state index is 5.84. The van der Waals surface area contributed by atoms with Crippen LogP contribution < -0.4 is 4.74 Å². The summed E-state index contributed by atoms with van der Waals surface area (Å²) in [5, 5.41) is 0. The van der Waals surface area contributed by atoms with Gasteiger partial charge < -0.3 is 14.0 Å². The fraction of sp³-hybridized carbons (Fsp3) is 0.435. The molecular weight excluding hydrogens is 350 g/mol. The number of aryl methyl sites for hydroxylation is 1. The predicted octanol–water partition coefficient (Wildman–Crippen LogP) is 4.29. The molecule has 2 heterocycles. The minimum Gasteiger partial charge on any atom is -0.494 e. The van der Waals surface area contributed by atoms with Gasteiger partial charge in [-0.1, -0.05) is 30.3 Å². The third-order valence-corrected chi connectivity index (χ3v) is 5.44. The van der Waals surface area contributed by atoms with Crippen molar-refractivity contribution in [2.24, 2.45) is 0 Å². The Balaban J connectivity index is 1.42. The molecule has 3 aromatic rings. The summed E-state index contributed by atoms with van der Waals surface area (Å²) in [6.45, 7) is 7.52. The van der Waals surface area contributed by atoms with Crippen molar-refractivity contribution in [1.29, 1.82) is 0 Å². The van der Waals surface area contributed by atoms with Crippen LogP contribution in [0.2, 0.25) is 0 Å². The standard InChI is InChI=1S/C23H29N3O2/c1-19(25-14-17-27-18-15-25)23-24-21-11-5-6-12-22(21)26(23)13-7-8-16-28-20-9-3-2-4-10-20/h2-6,9-12,19H,7-8,13-18H2,1H3. The normalized spacial score (nSPS) is 16.3. The molecule has 1 atom stereocenters. The van der Waals surface area contributed by atoms with E-state index in [-0.39, 0.29) is 6.04 Å². The molecule has 5 nitrogen and oxygen atoms in total. The number of aromatic nitrogens is 2. The van der Waals surface area contributed by atoms with Gasteiger partial charge in [0.05, 0.1) is 36.9 Å². The van der Waals surface area contributed by atoms with Gasteiger partial charge in [-0.3, -0.25) is 4.90 Å². The van der Waals surface area contributed by atoms with Crippen LogP contribution in [0.1, 0.15) is 31.6 Å². The van der Waals surface area contributed by atoms with Crippen molar-refractivity contribution >= 4 is 11.0 Å². The van der Waals surface area contributed by atoms with Gasteiger partial charge in [-0.2, -0.15) is 0 Å². The number of ether oxygens (including phenoxy) is 2. The number of hydrogen-bond acceptors (Lipinski definition) is 4. The second-order valence-electron chi connectivity index (χ2n) is 7.30. The molecule has 0 radical (unpaired) electrons. The lowest BCUT2D eigenvalue weighted by Crippen LogP contribution is -2.39. The van der Waals surface area contributed by atoms with E-state index in [2.05, 4.69) is 40.7 Å². The maximum absolute atomic E-state index is 5.84. The molecule has 1 unspecified atom stereocenters. The van der Waals surface area contributed by atoms with Gasteiger partial charge in [0, 0.05) is 19.6 Å². The number of fused-ring (bicyclic) bond motifs is 1. The highest BCUT2D eigenvalue weighted by Crippen LogP contribution is 2.26. The van der Waals surface area contributed by atoms with Crippen molar-refractivity contribution in [1.82, 2.24) is 14.5 Å². The molecule has 0 spiro atoms. The smallest absolute Gasteiger partial charge is 0.127 e. The van der Waals surface area contributed by atoms with E-state index in [4.69, 9.17) is 14.5 Å². The highest BCUT2D eigenvalue weighted by Gasteiger charge is 2.23. The quantitative estimate of drug-likeness (QED) is 0.548. The molecule has 0 bridgehead atoms. The van der Waals surface area contributed by atoms with E-state index in [9.17, 15) is 0 Å². The molecular formula is C23H29N3O2. The van der Waals surface area contributed by atoms with Gasteiger partial charge in [0.1, 0.15) is 11.6 Å². The van der Waals surface area contributed by atoms with Gasteiger partial charge in [0.15, 0.2) is 0 Å². The number of nitrogens with zero attached hydrogens (tertiary/aromatic N) is 3. The van der Waals surface area contributed by atoms with Crippen LogP contribution in [0.5, 0.6) is 5.75 Å². The Morgan fingerprint density at radius 2 is 1.75 bits per heavy atom. The Kier molecular flexibility index (Phi) is 6.24. The average molecular weight is 380 g/mol. The first-order valence-corrected chi connectivity index (χ1v) is 10.3. The number of hydrogen-bond donors (Lipinski definition) is 0. The Morgan fingerprint density at radius 1 is 1.00 bits per heavy atom. The molecule has 5 heteroatoms.